The fourth-order valence-electron chi connectivity index (χ4n) is 2.80. The second kappa shape index (κ2) is 6.22. The Balaban J connectivity index is 2.03. The standard InChI is InChI=1S/C15H22F3N3/c1-9-10(2)14(21-8-13(9)15(16,17)18)20-7-11-3-5-12(19)6-4-11/h8,11-12H,3-7,19H2,1-2H3,(H,20,21)/t11-,12-. The minimum atomic E-state index is -4.35. The second-order valence-corrected chi connectivity index (χ2v) is 5.93. The fraction of sp³-hybridized carbons (Fsp3) is 0.667. The first-order chi connectivity index (χ1) is 9.79. The SMILES string of the molecule is Cc1c(C(F)(F)F)cnc(NC[C@H]2CC[C@H](N)CC2)c1C. The van der Waals surface area contributed by atoms with E-state index in [-0.39, 0.29) is 5.56 Å². The van der Waals surface area contributed by atoms with E-state index in [0.717, 1.165) is 38.4 Å². The minimum Gasteiger partial charge on any atom is -0.370 e. The first kappa shape index (κ1) is 16.1. The highest BCUT2D eigenvalue weighted by Crippen LogP contribution is 2.34. The van der Waals surface area contributed by atoms with Crippen LogP contribution in [-0.4, -0.2) is 17.6 Å². The van der Waals surface area contributed by atoms with E-state index in [9.17, 15) is 13.2 Å². The van der Waals surface area contributed by atoms with E-state index in [1.165, 1.54) is 6.92 Å². The average molecular weight is 301 g/mol. The number of nitrogens with zero attached hydrogens (tertiary/aromatic N) is 1. The second-order valence-electron chi connectivity index (χ2n) is 5.93. The van der Waals surface area contributed by atoms with Crippen LogP contribution < -0.4 is 11.1 Å². The van der Waals surface area contributed by atoms with E-state index in [4.69, 9.17) is 5.73 Å². The molecular formula is C15H22F3N3. The van der Waals surface area contributed by atoms with Gasteiger partial charge in [0, 0.05) is 18.8 Å². The van der Waals surface area contributed by atoms with Gasteiger partial charge in [-0.2, -0.15) is 13.2 Å². The van der Waals surface area contributed by atoms with E-state index >= 15 is 0 Å². The topological polar surface area (TPSA) is 50.9 Å². The number of nitrogens with two attached hydrogens (primary N) is 1. The molecule has 1 aliphatic carbocycles. The zero-order valence-electron chi connectivity index (χ0n) is 12.4. The summed E-state index contributed by atoms with van der Waals surface area (Å²) in [6, 6.07) is 0.300. The maximum atomic E-state index is 12.8. The Hall–Kier alpha value is -1.30. The highest BCUT2D eigenvalue weighted by molar-refractivity contribution is 5.50. The predicted octanol–water partition coefficient (Wildman–Crippen LogP) is 3.65. The van der Waals surface area contributed by atoms with Crippen LogP contribution in [0.25, 0.3) is 0 Å². The van der Waals surface area contributed by atoms with Crippen molar-refractivity contribution in [1.82, 2.24) is 4.98 Å². The van der Waals surface area contributed by atoms with Gasteiger partial charge in [-0.1, -0.05) is 0 Å². The molecule has 0 atom stereocenters. The van der Waals surface area contributed by atoms with Gasteiger partial charge in [0.2, 0.25) is 0 Å². The Kier molecular flexibility index (Phi) is 4.76. The Morgan fingerprint density at radius 3 is 2.38 bits per heavy atom. The molecule has 0 aliphatic heterocycles. The number of nitrogens with one attached hydrogen (secondary N) is 1. The zero-order chi connectivity index (χ0) is 15.6. The third-order valence-electron chi connectivity index (χ3n) is 4.40. The van der Waals surface area contributed by atoms with Crippen molar-refractivity contribution in [2.24, 2.45) is 11.7 Å². The molecule has 118 valence electrons. The van der Waals surface area contributed by atoms with Crippen LogP contribution in [0.2, 0.25) is 0 Å². The summed E-state index contributed by atoms with van der Waals surface area (Å²) in [6.45, 7) is 3.91. The molecule has 21 heavy (non-hydrogen) atoms. The Bertz CT molecular complexity index is 492. The molecule has 6 heteroatoms. The zero-order valence-corrected chi connectivity index (χ0v) is 12.4. The average Bonchev–Trinajstić information content (AvgIpc) is 2.41. The molecule has 2 rings (SSSR count). The smallest absolute Gasteiger partial charge is 0.370 e. The van der Waals surface area contributed by atoms with Crippen molar-refractivity contribution in [3.05, 3.63) is 22.9 Å². The lowest BCUT2D eigenvalue weighted by Gasteiger charge is -2.26. The lowest BCUT2D eigenvalue weighted by atomic mass is 9.86. The summed E-state index contributed by atoms with van der Waals surface area (Å²) in [5, 5.41) is 3.20. The van der Waals surface area contributed by atoms with Crippen molar-refractivity contribution in [3.8, 4) is 0 Å². The van der Waals surface area contributed by atoms with Crippen LogP contribution in [-0.2, 0) is 6.18 Å². The van der Waals surface area contributed by atoms with Gasteiger partial charge in [0.05, 0.1) is 5.56 Å². The van der Waals surface area contributed by atoms with Crippen LogP contribution in [0, 0.1) is 19.8 Å². The van der Waals surface area contributed by atoms with Gasteiger partial charge in [-0.05, 0) is 56.6 Å². The summed E-state index contributed by atoms with van der Waals surface area (Å²) in [6.07, 6.45) is 0.733. The molecule has 0 amide bonds. The molecule has 0 bridgehead atoms. The van der Waals surface area contributed by atoms with Crippen LogP contribution in [0.4, 0.5) is 19.0 Å². The number of pyridine rings is 1. The normalized spacial score (nSPS) is 23.1. The molecule has 0 spiro atoms. The Morgan fingerprint density at radius 2 is 1.81 bits per heavy atom. The summed E-state index contributed by atoms with van der Waals surface area (Å²) < 4.78 is 38.4. The van der Waals surface area contributed by atoms with Gasteiger partial charge >= 0.3 is 6.18 Å². The third kappa shape index (κ3) is 3.87. The minimum absolute atomic E-state index is 0.241. The lowest BCUT2D eigenvalue weighted by Crippen LogP contribution is -2.29. The van der Waals surface area contributed by atoms with Gasteiger partial charge in [-0.3, -0.25) is 0 Å². The van der Waals surface area contributed by atoms with E-state index in [1.807, 2.05) is 0 Å². The molecule has 1 aliphatic rings. The lowest BCUT2D eigenvalue weighted by molar-refractivity contribution is -0.138. The van der Waals surface area contributed by atoms with Gasteiger partial charge in [0.15, 0.2) is 0 Å². The largest absolute Gasteiger partial charge is 0.418 e. The quantitative estimate of drug-likeness (QED) is 0.896. The van der Waals surface area contributed by atoms with Crippen molar-refractivity contribution in [2.75, 3.05) is 11.9 Å². The van der Waals surface area contributed by atoms with Crippen molar-refractivity contribution >= 4 is 5.82 Å². The maximum Gasteiger partial charge on any atom is 0.418 e. The highest BCUT2D eigenvalue weighted by atomic mass is 19.4. The van der Waals surface area contributed by atoms with Gasteiger partial charge in [0.25, 0.3) is 0 Å². The molecular weight excluding hydrogens is 279 g/mol. The van der Waals surface area contributed by atoms with Crippen molar-refractivity contribution in [2.45, 2.75) is 51.7 Å². The fourth-order valence-corrected chi connectivity index (χ4v) is 2.80. The molecule has 1 fully saturated rings. The summed E-state index contributed by atoms with van der Waals surface area (Å²) >= 11 is 0. The number of alkyl halides is 3. The van der Waals surface area contributed by atoms with Crippen molar-refractivity contribution in [1.29, 1.82) is 0 Å². The summed E-state index contributed by atoms with van der Waals surface area (Å²) in [5.41, 5.74) is 6.02. The molecule has 0 aromatic carbocycles. The highest BCUT2D eigenvalue weighted by Gasteiger charge is 2.33. The predicted molar refractivity (Wildman–Crippen MR) is 77.1 cm³/mol. The van der Waals surface area contributed by atoms with Crippen LogP contribution in [0.3, 0.4) is 0 Å². The van der Waals surface area contributed by atoms with Gasteiger partial charge in [-0.25, -0.2) is 4.98 Å². The first-order valence-electron chi connectivity index (χ1n) is 7.32. The van der Waals surface area contributed by atoms with Crippen molar-refractivity contribution < 1.29 is 13.2 Å². The van der Waals surface area contributed by atoms with Gasteiger partial charge < -0.3 is 11.1 Å². The summed E-state index contributed by atoms with van der Waals surface area (Å²) in [4.78, 5) is 3.95. The first-order valence-corrected chi connectivity index (χ1v) is 7.32. The number of aromatic nitrogens is 1. The van der Waals surface area contributed by atoms with Gasteiger partial charge in [0.1, 0.15) is 5.82 Å². The number of rotatable bonds is 3. The van der Waals surface area contributed by atoms with E-state index < -0.39 is 11.7 Å². The summed E-state index contributed by atoms with van der Waals surface area (Å²) in [5.74, 6) is 1.07. The summed E-state index contributed by atoms with van der Waals surface area (Å²) in [7, 11) is 0. The molecule has 1 heterocycles. The number of halogens is 3. The van der Waals surface area contributed by atoms with Crippen LogP contribution in [0.5, 0.6) is 0 Å². The van der Waals surface area contributed by atoms with Crippen LogP contribution >= 0.6 is 0 Å². The number of anilines is 1. The number of hydrogen-bond donors (Lipinski definition) is 2. The van der Waals surface area contributed by atoms with Crippen LogP contribution in [0.1, 0.15) is 42.4 Å². The third-order valence-corrected chi connectivity index (χ3v) is 4.40. The molecule has 0 saturated heterocycles. The molecule has 3 nitrogen and oxygen atoms in total. The molecule has 0 unspecified atom stereocenters. The molecule has 1 aromatic heterocycles. The van der Waals surface area contributed by atoms with Gasteiger partial charge in [-0.15, -0.1) is 0 Å². The molecule has 0 radical (unpaired) electrons. The van der Waals surface area contributed by atoms with E-state index in [2.05, 4.69) is 10.3 Å². The molecule has 1 saturated carbocycles. The Labute approximate surface area is 123 Å². The van der Waals surface area contributed by atoms with E-state index in [0.29, 0.717) is 23.3 Å². The number of hydrogen-bond acceptors (Lipinski definition) is 3. The van der Waals surface area contributed by atoms with Crippen molar-refractivity contribution in [3.63, 3.8) is 0 Å². The monoisotopic (exact) mass is 301 g/mol. The van der Waals surface area contributed by atoms with Crippen LogP contribution in [0.15, 0.2) is 6.20 Å². The Morgan fingerprint density at radius 1 is 1.19 bits per heavy atom. The molecule has 1 aromatic rings. The maximum absolute atomic E-state index is 12.8. The molecule has 3 N–H and O–H groups in total. The van der Waals surface area contributed by atoms with E-state index in [1.54, 1.807) is 6.92 Å².